The third-order valence-electron chi connectivity index (χ3n) is 3.17. The highest BCUT2D eigenvalue weighted by Crippen LogP contribution is 2.30. The normalized spacial score (nSPS) is 12.0. The zero-order valence-electron chi connectivity index (χ0n) is 12.8. The zero-order chi connectivity index (χ0) is 14.8. The highest BCUT2D eigenvalue weighted by Gasteiger charge is 2.08. The molecule has 4 nitrogen and oxygen atoms in total. The summed E-state index contributed by atoms with van der Waals surface area (Å²) in [5, 5.41) is 12.3. The number of unbranched alkanes of at least 4 members (excludes halogenated alkanes) is 2. The molecule has 0 aliphatic rings. The van der Waals surface area contributed by atoms with Gasteiger partial charge in [0.25, 0.3) is 0 Å². The monoisotopic (exact) mass is 281 g/mol. The van der Waals surface area contributed by atoms with Crippen LogP contribution in [0.15, 0.2) is 18.2 Å². The van der Waals surface area contributed by atoms with Gasteiger partial charge in [-0.2, -0.15) is 0 Å². The molecule has 0 heterocycles. The van der Waals surface area contributed by atoms with E-state index in [4.69, 9.17) is 14.6 Å². The summed E-state index contributed by atoms with van der Waals surface area (Å²) >= 11 is 0. The molecule has 1 rings (SSSR count). The molecule has 114 valence electrons. The number of aliphatic hydroxyl groups excluding tert-OH is 1. The van der Waals surface area contributed by atoms with Crippen LogP contribution in [-0.4, -0.2) is 31.5 Å². The van der Waals surface area contributed by atoms with Gasteiger partial charge in [-0.25, -0.2) is 0 Å². The second kappa shape index (κ2) is 9.48. The van der Waals surface area contributed by atoms with Gasteiger partial charge in [0.2, 0.25) is 0 Å². The highest BCUT2D eigenvalue weighted by molar-refractivity contribution is 5.55. The first kappa shape index (κ1) is 16.6. The summed E-state index contributed by atoms with van der Waals surface area (Å²) in [4.78, 5) is 0. The standard InChI is InChI=1S/C16H27NO3/c1-4-5-6-7-13(2)17-14-8-9-15(19-3)16(12-14)20-11-10-18/h8-9,12-13,17-18H,4-7,10-11H2,1-3H3. The van der Waals surface area contributed by atoms with Crippen molar-refractivity contribution in [1.29, 1.82) is 0 Å². The second-order valence-electron chi connectivity index (χ2n) is 4.98. The Labute approximate surface area is 122 Å². The molecular formula is C16H27NO3. The van der Waals surface area contributed by atoms with E-state index in [1.807, 2.05) is 18.2 Å². The molecule has 4 heteroatoms. The van der Waals surface area contributed by atoms with Gasteiger partial charge in [-0.05, 0) is 25.5 Å². The van der Waals surface area contributed by atoms with Crippen molar-refractivity contribution in [2.24, 2.45) is 0 Å². The Bertz CT molecular complexity index is 382. The van der Waals surface area contributed by atoms with E-state index in [9.17, 15) is 0 Å². The predicted molar refractivity (Wildman–Crippen MR) is 82.8 cm³/mol. The van der Waals surface area contributed by atoms with Crippen LogP contribution in [0.25, 0.3) is 0 Å². The molecule has 0 saturated heterocycles. The van der Waals surface area contributed by atoms with Crippen molar-refractivity contribution >= 4 is 5.69 Å². The van der Waals surface area contributed by atoms with Crippen molar-refractivity contribution in [2.75, 3.05) is 25.6 Å². The fourth-order valence-corrected chi connectivity index (χ4v) is 2.09. The molecule has 0 fully saturated rings. The van der Waals surface area contributed by atoms with E-state index < -0.39 is 0 Å². The minimum Gasteiger partial charge on any atom is -0.493 e. The van der Waals surface area contributed by atoms with Crippen LogP contribution in [0.5, 0.6) is 11.5 Å². The van der Waals surface area contributed by atoms with Gasteiger partial charge in [0.05, 0.1) is 13.7 Å². The maximum atomic E-state index is 8.84. The first-order chi connectivity index (χ1) is 9.71. The molecule has 1 aromatic rings. The molecular weight excluding hydrogens is 254 g/mol. The van der Waals surface area contributed by atoms with Crippen LogP contribution < -0.4 is 14.8 Å². The van der Waals surface area contributed by atoms with Gasteiger partial charge in [-0.3, -0.25) is 0 Å². The molecule has 0 aliphatic carbocycles. The Morgan fingerprint density at radius 2 is 2.05 bits per heavy atom. The lowest BCUT2D eigenvalue weighted by Crippen LogP contribution is -2.15. The van der Waals surface area contributed by atoms with Crippen molar-refractivity contribution in [2.45, 2.75) is 45.6 Å². The minimum absolute atomic E-state index is 0.00572. The molecule has 1 atom stereocenters. The molecule has 0 saturated carbocycles. The van der Waals surface area contributed by atoms with Crippen LogP contribution in [0.4, 0.5) is 5.69 Å². The van der Waals surface area contributed by atoms with Crippen molar-refractivity contribution in [1.82, 2.24) is 0 Å². The largest absolute Gasteiger partial charge is 0.493 e. The third kappa shape index (κ3) is 5.70. The van der Waals surface area contributed by atoms with E-state index in [-0.39, 0.29) is 13.2 Å². The topological polar surface area (TPSA) is 50.7 Å². The van der Waals surface area contributed by atoms with Crippen LogP contribution in [0, 0.1) is 0 Å². The lowest BCUT2D eigenvalue weighted by molar-refractivity contribution is 0.196. The third-order valence-corrected chi connectivity index (χ3v) is 3.17. The average Bonchev–Trinajstić information content (AvgIpc) is 2.45. The maximum Gasteiger partial charge on any atom is 0.163 e. The Morgan fingerprint density at radius 1 is 1.25 bits per heavy atom. The van der Waals surface area contributed by atoms with Gasteiger partial charge >= 0.3 is 0 Å². The molecule has 1 aromatic carbocycles. The lowest BCUT2D eigenvalue weighted by atomic mass is 10.1. The number of ether oxygens (including phenoxy) is 2. The molecule has 0 spiro atoms. The number of methoxy groups -OCH3 is 1. The molecule has 20 heavy (non-hydrogen) atoms. The Balaban J connectivity index is 2.61. The number of anilines is 1. The number of aliphatic hydroxyl groups is 1. The first-order valence-electron chi connectivity index (χ1n) is 7.39. The molecule has 0 aromatic heterocycles. The fraction of sp³-hybridized carbons (Fsp3) is 0.625. The molecule has 0 radical (unpaired) electrons. The summed E-state index contributed by atoms with van der Waals surface area (Å²) in [5.74, 6) is 1.34. The van der Waals surface area contributed by atoms with Crippen LogP contribution in [0.3, 0.4) is 0 Å². The fourth-order valence-electron chi connectivity index (χ4n) is 2.09. The number of rotatable bonds is 10. The van der Waals surface area contributed by atoms with E-state index in [2.05, 4.69) is 19.2 Å². The predicted octanol–water partition coefficient (Wildman–Crippen LogP) is 3.45. The molecule has 0 amide bonds. The van der Waals surface area contributed by atoms with Gasteiger partial charge in [0.1, 0.15) is 6.61 Å². The minimum atomic E-state index is -0.00572. The van der Waals surface area contributed by atoms with Crippen LogP contribution in [-0.2, 0) is 0 Å². The number of benzene rings is 1. The number of nitrogens with one attached hydrogen (secondary N) is 1. The van der Waals surface area contributed by atoms with Crippen LogP contribution in [0.2, 0.25) is 0 Å². The molecule has 1 unspecified atom stereocenters. The second-order valence-corrected chi connectivity index (χ2v) is 4.98. The maximum absolute atomic E-state index is 8.84. The van der Waals surface area contributed by atoms with Crippen molar-refractivity contribution in [3.05, 3.63) is 18.2 Å². The molecule has 0 bridgehead atoms. The van der Waals surface area contributed by atoms with Gasteiger partial charge in [-0.1, -0.05) is 26.2 Å². The Hall–Kier alpha value is -1.42. The summed E-state index contributed by atoms with van der Waals surface area (Å²) in [6, 6.07) is 6.22. The van der Waals surface area contributed by atoms with E-state index in [1.54, 1.807) is 7.11 Å². The van der Waals surface area contributed by atoms with Gasteiger partial charge in [-0.15, -0.1) is 0 Å². The van der Waals surface area contributed by atoms with Gasteiger partial charge < -0.3 is 19.9 Å². The van der Waals surface area contributed by atoms with E-state index in [0.29, 0.717) is 17.5 Å². The van der Waals surface area contributed by atoms with Crippen molar-refractivity contribution in [3.8, 4) is 11.5 Å². The number of hydrogen-bond acceptors (Lipinski definition) is 4. The molecule has 0 aliphatic heterocycles. The summed E-state index contributed by atoms with van der Waals surface area (Å²) in [6.07, 6.45) is 4.93. The van der Waals surface area contributed by atoms with E-state index >= 15 is 0 Å². The first-order valence-corrected chi connectivity index (χ1v) is 7.39. The summed E-state index contributed by atoms with van der Waals surface area (Å²) in [6.45, 7) is 4.67. The van der Waals surface area contributed by atoms with Crippen molar-refractivity contribution < 1.29 is 14.6 Å². The van der Waals surface area contributed by atoms with E-state index in [1.165, 1.54) is 19.3 Å². The summed E-state index contributed by atoms with van der Waals surface area (Å²) in [7, 11) is 1.61. The summed E-state index contributed by atoms with van der Waals surface area (Å²) < 4.78 is 10.7. The van der Waals surface area contributed by atoms with Crippen LogP contribution in [0.1, 0.15) is 39.5 Å². The number of hydrogen-bond donors (Lipinski definition) is 2. The Kier molecular flexibility index (Phi) is 7.88. The summed E-state index contributed by atoms with van der Waals surface area (Å²) in [5.41, 5.74) is 1.02. The van der Waals surface area contributed by atoms with Crippen LogP contribution >= 0.6 is 0 Å². The zero-order valence-corrected chi connectivity index (χ0v) is 12.8. The average molecular weight is 281 g/mol. The van der Waals surface area contributed by atoms with Gasteiger partial charge in [0.15, 0.2) is 11.5 Å². The Morgan fingerprint density at radius 3 is 2.70 bits per heavy atom. The molecule has 2 N–H and O–H groups in total. The smallest absolute Gasteiger partial charge is 0.163 e. The van der Waals surface area contributed by atoms with Crippen molar-refractivity contribution in [3.63, 3.8) is 0 Å². The quantitative estimate of drug-likeness (QED) is 0.645. The SMILES string of the molecule is CCCCCC(C)Nc1ccc(OC)c(OCCO)c1. The highest BCUT2D eigenvalue weighted by atomic mass is 16.5. The lowest BCUT2D eigenvalue weighted by Gasteiger charge is -2.17. The van der Waals surface area contributed by atoms with Gasteiger partial charge in [0, 0.05) is 17.8 Å². The van der Waals surface area contributed by atoms with E-state index in [0.717, 1.165) is 12.1 Å².